The molecule has 0 unspecified atom stereocenters. The van der Waals surface area contributed by atoms with E-state index in [1.165, 1.54) is 60.5 Å². The molecule has 33 heteroatoms. The van der Waals surface area contributed by atoms with E-state index in [0.29, 0.717) is 80.4 Å². The summed E-state index contributed by atoms with van der Waals surface area (Å²) in [5, 5.41) is 12.9. The van der Waals surface area contributed by atoms with E-state index < -0.39 is 61.2 Å². The number of aryl methyl sites for hydroxylation is 3. The molecule has 0 bridgehead atoms. The van der Waals surface area contributed by atoms with Crippen molar-refractivity contribution in [3.8, 4) is 22.5 Å². The summed E-state index contributed by atoms with van der Waals surface area (Å²) in [6.45, 7) is 7.00. The van der Waals surface area contributed by atoms with Crippen LogP contribution in [0.4, 0.5) is 17.1 Å². The molecule has 0 amide bonds. The van der Waals surface area contributed by atoms with Crippen LogP contribution in [0.5, 0.6) is 0 Å². The van der Waals surface area contributed by atoms with Gasteiger partial charge in [-0.15, -0.1) is 0 Å². The Hall–Kier alpha value is -7.55. The number of carbonyl (C=O) groups excluding carboxylic acids is 3. The summed E-state index contributed by atoms with van der Waals surface area (Å²) in [7, 11) is -2.89. The molecule has 434 valence electrons. The molecule has 27 nitrogen and oxygen atoms in total. The number of ether oxygens (including phenoxy) is 3. The molecule has 3 N–H and O–H groups in total. The topological polar surface area (TPSA) is 341 Å². The van der Waals surface area contributed by atoms with Gasteiger partial charge in [0.25, 0.3) is 0 Å². The zero-order valence-corrected chi connectivity index (χ0v) is 49.6. The second-order valence-corrected chi connectivity index (χ2v) is 24.4. The summed E-state index contributed by atoms with van der Waals surface area (Å²) in [5.74, 6) is -1.42. The number of pyridine rings is 4. The lowest BCUT2D eigenvalue weighted by molar-refractivity contribution is -0.147. The molecule has 7 aromatic heterocycles. The van der Waals surface area contributed by atoms with Crippen LogP contribution in [0.25, 0.3) is 22.5 Å². The molecule has 1 saturated heterocycles. The number of aromatic nitrogens is 10. The first-order valence-electron chi connectivity index (χ1n) is 23.6. The number of hydrogen-bond acceptors (Lipinski definition) is 21. The van der Waals surface area contributed by atoms with E-state index in [0.717, 1.165) is 18.8 Å². The van der Waals surface area contributed by atoms with Crippen LogP contribution in [0.1, 0.15) is 59.1 Å². The molecule has 0 aromatic carbocycles. The van der Waals surface area contributed by atoms with Crippen molar-refractivity contribution < 1.29 is 63.2 Å². The van der Waals surface area contributed by atoms with Crippen LogP contribution in [-0.4, -0.2) is 146 Å². The van der Waals surface area contributed by atoms with Crippen molar-refractivity contribution in [2.24, 2.45) is 26.6 Å². The summed E-state index contributed by atoms with van der Waals surface area (Å²) < 4.78 is 104. The number of sulfonamides is 3. The van der Waals surface area contributed by atoms with Crippen LogP contribution >= 0.6 is 23.2 Å². The molecule has 0 saturated carbocycles. The summed E-state index contributed by atoms with van der Waals surface area (Å²) in [6, 6.07) is 12.9. The summed E-state index contributed by atoms with van der Waals surface area (Å²) in [4.78, 5) is 52.1. The van der Waals surface area contributed by atoms with Gasteiger partial charge in [-0.2, -0.15) is 15.3 Å². The van der Waals surface area contributed by atoms with Crippen molar-refractivity contribution in [2.45, 2.75) is 33.3 Å². The number of carbonyl (C=O) groups is 3. The summed E-state index contributed by atoms with van der Waals surface area (Å²) >= 11 is 11.6. The van der Waals surface area contributed by atoms with Crippen LogP contribution < -0.4 is 19.6 Å². The van der Waals surface area contributed by atoms with Gasteiger partial charge in [-0.25, -0.2) is 44.8 Å². The van der Waals surface area contributed by atoms with Gasteiger partial charge in [0.2, 0.25) is 30.1 Å². The quantitative estimate of drug-likeness (QED) is 0.0551. The van der Waals surface area contributed by atoms with Crippen LogP contribution in [0, 0.1) is 5.41 Å². The van der Waals surface area contributed by atoms with Gasteiger partial charge in [0.05, 0.1) is 110 Å². The standard InChI is InChI=1S/C19H20ClN5O4S.C12H14N4O4S.C11H17BN2O4.C6H7ClN2O2S/c1-12(14-5-4-8-21-19(14)20)29-18(26)9-17-15(11-23-25(17)2)16-7-6-13(10-22-16)24-30(3,27)28;1-16-11(12(17)20-2)9(7-14-16)10-5-4-8(6-13-10)15-21(3,18)19;1-11(2)6-17-12(18-7-11)8-5-13-14(3)9(8)10(15)16-4;1-12(10,11)9-5-2-3-6(7)8-4-5/h4-8,10-12,24H,9H2,1-3H3;4-7,15H,1-3H3;5H,6-7H2,1-4H3;2-4,9H,1H3/t12-;;;/m1.../s1. The van der Waals surface area contributed by atoms with Crippen molar-refractivity contribution >= 4 is 101 Å². The van der Waals surface area contributed by atoms with Gasteiger partial charge in [0, 0.05) is 68.8 Å². The van der Waals surface area contributed by atoms with Crippen molar-refractivity contribution in [3.05, 3.63) is 125 Å². The van der Waals surface area contributed by atoms with Crippen LogP contribution in [0.15, 0.2) is 91.9 Å². The SMILES string of the molecule is COC(=O)c1c(-c2ccc(NS(C)(=O)=O)cn2)cnn1C.COC(=O)c1c(B2OCC(C)(C)CO2)cnn1C.CS(=O)(=O)Nc1ccc(Cl)nc1.C[C@@H](OC(=O)Cc1c(-c2ccc(NS(C)(=O)=O)cn2)cnn1C)c1cccnc1Cl. The van der Waals surface area contributed by atoms with Crippen molar-refractivity contribution in [3.63, 3.8) is 0 Å². The Kier molecular flexibility index (Phi) is 22.0. The third-order valence-corrected chi connectivity index (χ3v) is 13.2. The number of halogens is 2. The number of hydrogen-bond donors (Lipinski definition) is 3. The third kappa shape index (κ3) is 19.6. The van der Waals surface area contributed by atoms with Gasteiger partial charge in [-0.05, 0) is 49.4 Å². The predicted molar refractivity (Wildman–Crippen MR) is 302 cm³/mol. The van der Waals surface area contributed by atoms with Crippen molar-refractivity contribution in [2.75, 3.05) is 60.4 Å². The second-order valence-electron chi connectivity index (χ2n) is 18.4. The van der Waals surface area contributed by atoms with E-state index in [-0.39, 0.29) is 22.7 Å². The largest absolute Gasteiger partial charge is 0.498 e. The Labute approximate surface area is 478 Å². The van der Waals surface area contributed by atoms with E-state index in [2.05, 4.69) is 63.2 Å². The van der Waals surface area contributed by atoms with E-state index in [1.807, 2.05) is 0 Å². The third-order valence-electron chi connectivity index (χ3n) is 10.8. The molecular formula is C48H58BCl2N13O14S3. The minimum Gasteiger partial charge on any atom is -0.464 e. The molecule has 1 aliphatic rings. The number of anilines is 3. The molecular weight excluding hydrogens is 1160 g/mol. The zero-order valence-electron chi connectivity index (χ0n) is 45.6. The Balaban J connectivity index is 0.000000208. The average Bonchev–Trinajstić information content (AvgIpc) is 4.14. The Morgan fingerprint density at radius 2 is 1.12 bits per heavy atom. The Bertz CT molecular complexity index is 3650. The smallest absolute Gasteiger partial charge is 0.464 e. The first-order valence-corrected chi connectivity index (χ1v) is 30.0. The first-order chi connectivity index (χ1) is 37.9. The predicted octanol–water partition coefficient (Wildman–Crippen LogP) is 4.47. The minimum atomic E-state index is -3.39. The molecule has 0 spiro atoms. The van der Waals surface area contributed by atoms with Gasteiger partial charge < -0.3 is 23.5 Å². The van der Waals surface area contributed by atoms with Gasteiger partial charge in [0.15, 0.2) is 5.69 Å². The lowest BCUT2D eigenvalue weighted by atomic mass is 9.76. The summed E-state index contributed by atoms with van der Waals surface area (Å²) in [6.07, 6.45) is 12.9. The van der Waals surface area contributed by atoms with Crippen molar-refractivity contribution in [1.82, 2.24) is 49.3 Å². The van der Waals surface area contributed by atoms with Gasteiger partial charge >= 0.3 is 25.0 Å². The molecule has 1 aliphatic heterocycles. The van der Waals surface area contributed by atoms with E-state index >= 15 is 0 Å². The molecule has 81 heavy (non-hydrogen) atoms. The fourth-order valence-electron chi connectivity index (χ4n) is 7.14. The molecule has 1 atom stereocenters. The summed E-state index contributed by atoms with van der Waals surface area (Å²) in [5.41, 5.74) is 5.74. The highest BCUT2D eigenvalue weighted by atomic mass is 35.5. The zero-order chi connectivity index (χ0) is 60.0. The fraction of sp³-hybridized carbons (Fsp3) is 0.333. The van der Waals surface area contributed by atoms with E-state index in [4.69, 9.17) is 46.7 Å². The highest BCUT2D eigenvalue weighted by Gasteiger charge is 2.38. The van der Waals surface area contributed by atoms with Gasteiger partial charge in [-0.1, -0.05) is 43.1 Å². The molecule has 8 heterocycles. The van der Waals surface area contributed by atoms with Crippen LogP contribution in [-0.2, 0) is 85.9 Å². The Morgan fingerprint density at radius 1 is 0.654 bits per heavy atom. The highest BCUT2D eigenvalue weighted by molar-refractivity contribution is 7.92. The fourth-order valence-corrected chi connectivity index (χ4v) is 9.17. The number of rotatable bonds is 15. The molecule has 7 aromatic rings. The van der Waals surface area contributed by atoms with E-state index in [1.54, 1.807) is 87.7 Å². The minimum absolute atomic E-state index is 0.00978. The maximum Gasteiger partial charge on any atom is 0.498 e. The van der Waals surface area contributed by atoms with Gasteiger partial charge in [-0.3, -0.25) is 43.0 Å². The Morgan fingerprint density at radius 3 is 1.60 bits per heavy atom. The lowest BCUT2D eigenvalue weighted by Crippen LogP contribution is -2.48. The average molecular weight is 1220 g/mol. The first kappa shape index (κ1) is 64.3. The number of nitrogens with zero attached hydrogens (tertiary/aromatic N) is 10. The number of methoxy groups -OCH3 is 2. The van der Waals surface area contributed by atoms with Gasteiger partial charge in [0.1, 0.15) is 22.1 Å². The normalized spacial score (nSPS) is 13.3. The van der Waals surface area contributed by atoms with Crippen molar-refractivity contribution in [1.29, 1.82) is 0 Å². The maximum atomic E-state index is 12.5. The number of esters is 3. The van der Waals surface area contributed by atoms with Crippen LogP contribution in [0.3, 0.4) is 0 Å². The molecule has 1 fully saturated rings. The maximum absolute atomic E-state index is 12.5. The van der Waals surface area contributed by atoms with Crippen LogP contribution in [0.2, 0.25) is 10.3 Å². The second kappa shape index (κ2) is 27.8. The monoisotopic (exact) mass is 1220 g/mol. The van der Waals surface area contributed by atoms with E-state index in [9.17, 15) is 39.6 Å². The molecule has 0 aliphatic carbocycles. The number of nitrogens with one attached hydrogen (secondary N) is 3. The lowest BCUT2D eigenvalue weighted by Gasteiger charge is -2.32. The highest BCUT2D eigenvalue weighted by Crippen LogP contribution is 2.28. The molecule has 0 radical (unpaired) electrons. The molecule has 8 rings (SSSR count).